The second kappa shape index (κ2) is 11.4. The lowest BCUT2D eigenvalue weighted by Gasteiger charge is -2.19. The molecule has 1 N–H and O–H groups in total. The first-order chi connectivity index (χ1) is 17.7. The van der Waals surface area contributed by atoms with E-state index >= 15 is 0 Å². The molecule has 5 rings (SSSR count). The topological polar surface area (TPSA) is 46.5 Å². The zero-order valence-electron chi connectivity index (χ0n) is 21.0. The molecule has 1 aromatic heterocycles. The highest BCUT2D eigenvalue weighted by Crippen LogP contribution is 2.35. The third-order valence-electron chi connectivity index (χ3n) is 7.15. The Morgan fingerprint density at radius 1 is 0.972 bits per heavy atom. The summed E-state index contributed by atoms with van der Waals surface area (Å²) in [4.78, 5) is 15.6. The molecule has 4 aromatic rings. The largest absolute Gasteiger partial charge is 0.489 e. The van der Waals surface area contributed by atoms with Gasteiger partial charge in [0.2, 0.25) is 5.91 Å². The number of fused-ring (bicyclic) bond motifs is 1. The fourth-order valence-electron chi connectivity index (χ4n) is 5.24. The number of carbonyl (C=O) groups excluding carboxylic acids is 1. The van der Waals surface area contributed by atoms with Gasteiger partial charge in [0.25, 0.3) is 0 Å². The van der Waals surface area contributed by atoms with E-state index in [-0.39, 0.29) is 11.8 Å². The first-order valence-electron chi connectivity index (χ1n) is 13.0. The lowest BCUT2D eigenvalue weighted by Crippen LogP contribution is -2.34. The van der Waals surface area contributed by atoms with Gasteiger partial charge in [-0.15, -0.1) is 0 Å². The first kappa shape index (κ1) is 24.1. The van der Waals surface area contributed by atoms with E-state index in [9.17, 15) is 4.79 Å². The predicted molar refractivity (Wildman–Crippen MR) is 145 cm³/mol. The van der Waals surface area contributed by atoms with Crippen LogP contribution in [0.3, 0.4) is 0 Å². The minimum atomic E-state index is -0.0665. The number of rotatable bonds is 10. The number of benzene rings is 3. The lowest BCUT2D eigenvalue weighted by atomic mass is 9.88. The van der Waals surface area contributed by atoms with Crippen LogP contribution in [0.15, 0.2) is 85.1 Å². The maximum absolute atomic E-state index is 13.1. The van der Waals surface area contributed by atoms with Crippen molar-refractivity contribution in [3.8, 4) is 5.75 Å². The average Bonchev–Trinajstić information content (AvgIpc) is 3.55. The molecule has 0 spiro atoms. The molecule has 0 radical (unpaired) electrons. The fourth-order valence-corrected chi connectivity index (χ4v) is 5.24. The summed E-state index contributed by atoms with van der Waals surface area (Å²) in [6.07, 6.45) is 5.10. The van der Waals surface area contributed by atoms with Crippen molar-refractivity contribution < 1.29 is 9.53 Å². The normalized spacial score (nSPS) is 14.7. The van der Waals surface area contributed by atoms with Gasteiger partial charge in [0.1, 0.15) is 12.4 Å². The number of nitrogens with one attached hydrogen (secondary N) is 1. The number of nitrogens with zero attached hydrogens (tertiary/aromatic N) is 2. The molecule has 1 fully saturated rings. The summed E-state index contributed by atoms with van der Waals surface area (Å²) in [6.45, 7) is 4.42. The summed E-state index contributed by atoms with van der Waals surface area (Å²) < 4.78 is 8.28. The van der Waals surface area contributed by atoms with Gasteiger partial charge in [0, 0.05) is 49.6 Å². The molecule has 186 valence electrons. The Labute approximate surface area is 213 Å². The quantitative estimate of drug-likeness (QED) is 0.326. The molecule has 5 nitrogen and oxygen atoms in total. The van der Waals surface area contributed by atoms with Crippen LogP contribution >= 0.6 is 0 Å². The predicted octanol–water partition coefficient (Wildman–Crippen LogP) is 5.49. The molecule has 0 aliphatic carbocycles. The van der Waals surface area contributed by atoms with Crippen molar-refractivity contribution in [1.29, 1.82) is 0 Å². The van der Waals surface area contributed by atoms with Crippen LogP contribution in [-0.4, -0.2) is 41.6 Å². The second-order valence-electron chi connectivity index (χ2n) is 9.71. The van der Waals surface area contributed by atoms with Gasteiger partial charge in [-0.3, -0.25) is 4.79 Å². The van der Waals surface area contributed by atoms with Crippen LogP contribution in [0.5, 0.6) is 5.75 Å². The van der Waals surface area contributed by atoms with Crippen LogP contribution in [0.2, 0.25) is 0 Å². The van der Waals surface area contributed by atoms with Crippen molar-refractivity contribution in [2.24, 2.45) is 7.05 Å². The van der Waals surface area contributed by atoms with Crippen LogP contribution in [0.1, 0.15) is 41.9 Å². The molecule has 36 heavy (non-hydrogen) atoms. The number of aromatic nitrogens is 1. The van der Waals surface area contributed by atoms with E-state index in [1.54, 1.807) is 0 Å². The van der Waals surface area contributed by atoms with Gasteiger partial charge in [-0.25, -0.2) is 0 Å². The van der Waals surface area contributed by atoms with Gasteiger partial charge in [0.05, 0.1) is 0 Å². The molecule has 1 amide bonds. The van der Waals surface area contributed by atoms with Crippen molar-refractivity contribution in [3.05, 3.63) is 102 Å². The van der Waals surface area contributed by atoms with Crippen molar-refractivity contribution >= 4 is 16.8 Å². The first-order valence-corrected chi connectivity index (χ1v) is 13.0. The smallest absolute Gasteiger partial charge is 0.220 e. The standard InChI is InChI=1S/C31H35N3O2/c1-33-22-29(27-14-5-6-15-30(27)33)28(21-31(35)32-16-19-34-17-7-8-18-34)25-12-9-13-26(20-25)36-23-24-10-3-2-4-11-24/h2-6,9-15,20,22,28H,7-8,16-19,21,23H2,1H3,(H,32,35). The Bertz CT molecular complexity index is 1290. The van der Waals surface area contributed by atoms with Gasteiger partial charge in [-0.1, -0.05) is 60.7 Å². The van der Waals surface area contributed by atoms with Crippen molar-refractivity contribution in [1.82, 2.24) is 14.8 Å². The highest BCUT2D eigenvalue weighted by molar-refractivity contribution is 5.86. The van der Waals surface area contributed by atoms with E-state index in [4.69, 9.17) is 4.74 Å². The van der Waals surface area contributed by atoms with Gasteiger partial charge in [-0.2, -0.15) is 0 Å². The number of likely N-dealkylation sites (tertiary alicyclic amines) is 1. The Balaban J connectivity index is 1.37. The van der Waals surface area contributed by atoms with Gasteiger partial charge in [0.15, 0.2) is 0 Å². The molecule has 0 saturated carbocycles. The Hall–Kier alpha value is -3.57. The van der Waals surface area contributed by atoms with Gasteiger partial charge in [-0.05, 0) is 60.8 Å². The molecule has 5 heteroatoms. The number of carbonyl (C=O) groups is 1. The number of para-hydroxylation sites is 1. The maximum Gasteiger partial charge on any atom is 0.220 e. The van der Waals surface area contributed by atoms with E-state index in [0.717, 1.165) is 36.5 Å². The van der Waals surface area contributed by atoms with E-state index in [0.29, 0.717) is 19.6 Å². The summed E-state index contributed by atoms with van der Waals surface area (Å²) in [5.41, 5.74) is 4.56. The number of aryl methyl sites for hydroxylation is 1. The summed E-state index contributed by atoms with van der Waals surface area (Å²) in [7, 11) is 2.07. The zero-order chi connectivity index (χ0) is 24.7. The maximum atomic E-state index is 13.1. The molecule has 0 bridgehead atoms. The Morgan fingerprint density at radius 3 is 2.58 bits per heavy atom. The van der Waals surface area contributed by atoms with Crippen molar-refractivity contribution in [2.45, 2.75) is 31.8 Å². The van der Waals surface area contributed by atoms with E-state index in [1.807, 2.05) is 30.3 Å². The molecular weight excluding hydrogens is 446 g/mol. The molecule has 2 heterocycles. The minimum absolute atomic E-state index is 0.0665. The van der Waals surface area contributed by atoms with Gasteiger partial charge < -0.3 is 19.5 Å². The number of amides is 1. The van der Waals surface area contributed by atoms with Crippen LogP contribution < -0.4 is 10.1 Å². The van der Waals surface area contributed by atoms with Gasteiger partial charge >= 0.3 is 0 Å². The molecule has 1 aliphatic heterocycles. The fraction of sp³-hybridized carbons (Fsp3) is 0.323. The summed E-state index contributed by atoms with van der Waals surface area (Å²) >= 11 is 0. The Kier molecular flexibility index (Phi) is 7.67. The van der Waals surface area contributed by atoms with Crippen molar-refractivity contribution in [3.63, 3.8) is 0 Å². The van der Waals surface area contributed by atoms with E-state index in [2.05, 4.69) is 76.6 Å². The summed E-state index contributed by atoms with van der Waals surface area (Å²) in [5.74, 6) is 0.835. The molecule has 3 aromatic carbocycles. The summed E-state index contributed by atoms with van der Waals surface area (Å²) in [6, 6.07) is 26.8. The average molecular weight is 482 g/mol. The SMILES string of the molecule is Cn1cc(C(CC(=O)NCCN2CCCC2)c2cccc(OCc3ccccc3)c2)c2ccccc21. The van der Waals surface area contributed by atoms with Crippen molar-refractivity contribution in [2.75, 3.05) is 26.2 Å². The van der Waals surface area contributed by atoms with E-state index < -0.39 is 0 Å². The third-order valence-corrected chi connectivity index (χ3v) is 7.15. The highest BCUT2D eigenvalue weighted by Gasteiger charge is 2.23. The highest BCUT2D eigenvalue weighted by atomic mass is 16.5. The van der Waals surface area contributed by atoms with Crippen LogP contribution in [0.25, 0.3) is 10.9 Å². The minimum Gasteiger partial charge on any atom is -0.489 e. The lowest BCUT2D eigenvalue weighted by molar-refractivity contribution is -0.121. The summed E-state index contributed by atoms with van der Waals surface area (Å²) in [5, 5.41) is 4.36. The molecular formula is C31H35N3O2. The molecule has 1 atom stereocenters. The van der Waals surface area contributed by atoms with Crippen LogP contribution in [0, 0.1) is 0 Å². The number of ether oxygens (including phenoxy) is 1. The van der Waals surface area contributed by atoms with Crippen LogP contribution in [-0.2, 0) is 18.4 Å². The molecule has 1 unspecified atom stereocenters. The molecule has 1 aliphatic rings. The number of hydrogen-bond acceptors (Lipinski definition) is 3. The monoisotopic (exact) mass is 481 g/mol. The molecule has 1 saturated heterocycles. The Morgan fingerprint density at radius 2 is 1.75 bits per heavy atom. The van der Waals surface area contributed by atoms with Crippen LogP contribution in [0.4, 0.5) is 0 Å². The number of hydrogen-bond donors (Lipinski definition) is 1. The van der Waals surface area contributed by atoms with E-state index in [1.165, 1.54) is 29.3 Å². The third kappa shape index (κ3) is 5.80. The second-order valence-corrected chi connectivity index (χ2v) is 9.71. The zero-order valence-corrected chi connectivity index (χ0v) is 21.0.